The number of hydrogen-bond donors (Lipinski definition) is 1. The lowest BCUT2D eigenvalue weighted by atomic mass is 10.4. The molecule has 1 aliphatic rings. The van der Waals surface area contributed by atoms with Crippen LogP contribution in [0.5, 0.6) is 0 Å². The van der Waals surface area contributed by atoms with Gasteiger partial charge in [-0.15, -0.1) is 0 Å². The van der Waals surface area contributed by atoms with Gasteiger partial charge in [-0.3, -0.25) is 0 Å². The quantitative estimate of drug-likeness (QED) is 0.504. The lowest BCUT2D eigenvalue weighted by Gasteiger charge is -2.02. The summed E-state index contributed by atoms with van der Waals surface area (Å²) >= 11 is 4.79. The number of hydrogen-bond acceptors (Lipinski definition) is 2. The summed E-state index contributed by atoms with van der Waals surface area (Å²) in [6.07, 6.45) is -0.906. The standard InChI is InChI=1S/C4H14S2Si3/c1-3-4(2)9(3,5)6-8-7/h3-5H,8H2,1-2,7H3. The molecule has 2 atom stereocenters. The van der Waals surface area contributed by atoms with Crippen molar-refractivity contribution in [2.24, 2.45) is 0 Å². The van der Waals surface area contributed by atoms with Gasteiger partial charge in [-0.05, 0) is 11.1 Å². The van der Waals surface area contributed by atoms with Crippen LogP contribution in [0.1, 0.15) is 13.8 Å². The minimum absolute atomic E-state index is 0.350. The normalized spacial score (nSPS) is 51.0. The molecule has 0 aliphatic carbocycles. The summed E-state index contributed by atoms with van der Waals surface area (Å²) < 4.78 is 0. The van der Waals surface area contributed by atoms with Gasteiger partial charge in [-0.2, -0.15) is 12.1 Å². The van der Waals surface area contributed by atoms with Gasteiger partial charge in [0.05, 0.1) is 8.19 Å². The summed E-state index contributed by atoms with van der Waals surface area (Å²) in [5.41, 5.74) is 2.01. The fourth-order valence-electron chi connectivity index (χ4n) is 1.21. The van der Waals surface area contributed by atoms with Gasteiger partial charge in [0, 0.05) is 9.76 Å². The molecule has 0 saturated carbocycles. The van der Waals surface area contributed by atoms with E-state index in [1.165, 1.54) is 9.76 Å². The molecule has 0 aromatic rings. The topological polar surface area (TPSA) is 0 Å². The van der Waals surface area contributed by atoms with Gasteiger partial charge in [0.15, 0.2) is 6.37 Å². The molecule has 9 heavy (non-hydrogen) atoms. The van der Waals surface area contributed by atoms with Crippen molar-refractivity contribution in [3.63, 3.8) is 0 Å². The van der Waals surface area contributed by atoms with Gasteiger partial charge in [0.1, 0.15) is 0 Å². The lowest BCUT2D eigenvalue weighted by Crippen LogP contribution is -2.04. The molecule has 5 heteroatoms. The zero-order chi connectivity index (χ0) is 7.07. The Labute approximate surface area is 72.0 Å². The Morgan fingerprint density at radius 1 is 1.56 bits per heavy atom. The molecular formula is C4H14S2Si3. The molecule has 1 rings (SSSR count). The second kappa shape index (κ2) is 2.77. The van der Waals surface area contributed by atoms with Crippen LogP contribution in [0.2, 0.25) is 11.1 Å². The third kappa shape index (κ3) is 1.35. The van der Waals surface area contributed by atoms with Crippen LogP contribution in [0.15, 0.2) is 0 Å². The van der Waals surface area contributed by atoms with E-state index in [1.807, 2.05) is 0 Å². The van der Waals surface area contributed by atoms with E-state index in [4.69, 9.17) is 12.1 Å². The third-order valence-corrected chi connectivity index (χ3v) is 31.3. The SMILES string of the molecule is CC1C(C)[Si]1(S)S[SiH2][SiH3]. The van der Waals surface area contributed by atoms with Crippen LogP contribution in [0.3, 0.4) is 0 Å². The van der Waals surface area contributed by atoms with Crippen molar-refractivity contribution in [3.05, 3.63) is 0 Å². The highest BCUT2D eigenvalue weighted by Gasteiger charge is 2.59. The van der Waals surface area contributed by atoms with Crippen molar-refractivity contribution in [3.8, 4) is 0 Å². The smallest absolute Gasteiger partial charge is 0.171 e. The van der Waals surface area contributed by atoms with Gasteiger partial charge in [-0.25, -0.2) is 10.7 Å². The van der Waals surface area contributed by atoms with Crippen LogP contribution in [0.25, 0.3) is 0 Å². The molecule has 0 nitrogen and oxygen atoms in total. The second-order valence-electron chi connectivity index (χ2n) is 2.76. The summed E-state index contributed by atoms with van der Waals surface area (Å²) in [7, 11) is 4.15. The van der Waals surface area contributed by atoms with E-state index in [0.29, 0.717) is 8.19 Å². The van der Waals surface area contributed by atoms with Crippen LogP contribution in [-0.4, -0.2) is 24.3 Å². The van der Waals surface area contributed by atoms with E-state index < -0.39 is 6.37 Å². The second-order valence-corrected chi connectivity index (χ2v) is 22.5. The summed E-state index contributed by atoms with van der Waals surface area (Å²) in [6.45, 7) is 4.75. The number of rotatable bonds is 2. The summed E-state index contributed by atoms with van der Waals surface area (Å²) in [5.74, 6) is 0. The van der Waals surface area contributed by atoms with Crippen molar-refractivity contribution in [1.82, 2.24) is 0 Å². The lowest BCUT2D eigenvalue weighted by molar-refractivity contribution is 1.02. The molecule has 54 valence electrons. The first-order valence-electron chi connectivity index (χ1n) is 3.49. The van der Waals surface area contributed by atoms with Gasteiger partial charge in [0.25, 0.3) is 0 Å². The van der Waals surface area contributed by atoms with Gasteiger partial charge >= 0.3 is 0 Å². The first-order chi connectivity index (χ1) is 4.13. The monoisotopic (exact) mass is 210 g/mol. The zero-order valence-electron chi connectivity index (χ0n) is 6.22. The van der Waals surface area contributed by atoms with Gasteiger partial charge in [0.2, 0.25) is 0 Å². The highest BCUT2D eigenvalue weighted by molar-refractivity contribution is 8.64. The Morgan fingerprint density at radius 3 is 2.11 bits per heavy atom. The molecule has 1 aliphatic heterocycles. The molecule has 1 saturated heterocycles. The molecule has 0 radical (unpaired) electrons. The third-order valence-electron chi connectivity index (χ3n) is 2.32. The van der Waals surface area contributed by atoms with Crippen molar-refractivity contribution >= 4 is 47.1 Å². The predicted molar refractivity (Wildman–Crippen MR) is 59.7 cm³/mol. The maximum atomic E-state index is 4.79. The maximum Gasteiger partial charge on any atom is 0.171 e. The van der Waals surface area contributed by atoms with E-state index in [9.17, 15) is 0 Å². The molecule has 0 spiro atoms. The fourth-order valence-corrected chi connectivity index (χ4v) is 41.9. The van der Waals surface area contributed by atoms with Crippen molar-refractivity contribution in [2.75, 3.05) is 0 Å². The molecule has 2 unspecified atom stereocenters. The first-order valence-corrected chi connectivity index (χ1v) is 16.0. The van der Waals surface area contributed by atoms with Crippen LogP contribution in [-0.2, 0) is 0 Å². The van der Waals surface area contributed by atoms with E-state index in [2.05, 4.69) is 24.5 Å². The minimum atomic E-state index is -0.906. The Hall–Kier alpha value is 1.35. The van der Waals surface area contributed by atoms with Gasteiger partial charge < -0.3 is 0 Å². The average molecular weight is 211 g/mol. The van der Waals surface area contributed by atoms with E-state index in [-0.39, 0.29) is 0 Å². The Morgan fingerprint density at radius 2 is 2.00 bits per heavy atom. The Balaban J connectivity index is 2.40. The van der Waals surface area contributed by atoms with Crippen LogP contribution < -0.4 is 0 Å². The molecular weight excluding hydrogens is 196 g/mol. The fraction of sp³-hybridized carbons (Fsp3) is 1.00. The zero-order valence-corrected chi connectivity index (χ0v) is 12.3. The molecule has 0 aromatic carbocycles. The first kappa shape index (κ1) is 8.45. The highest BCUT2D eigenvalue weighted by atomic mass is 32.7. The Kier molecular flexibility index (Phi) is 2.60. The summed E-state index contributed by atoms with van der Waals surface area (Å²) in [4.78, 5) is 0. The number of thiol groups is 1. The highest BCUT2D eigenvalue weighted by Crippen LogP contribution is 2.66. The summed E-state index contributed by atoms with van der Waals surface area (Å²) in [5, 5.41) is 0. The van der Waals surface area contributed by atoms with Crippen LogP contribution in [0, 0.1) is 0 Å². The Bertz CT molecular complexity index is 110. The van der Waals surface area contributed by atoms with E-state index in [0.717, 1.165) is 11.1 Å². The molecule has 1 fully saturated rings. The molecule has 0 bridgehead atoms. The van der Waals surface area contributed by atoms with Crippen LogP contribution >= 0.6 is 22.7 Å². The maximum absolute atomic E-state index is 4.79. The van der Waals surface area contributed by atoms with Crippen molar-refractivity contribution in [2.45, 2.75) is 24.9 Å². The predicted octanol–water partition coefficient (Wildman–Crippen LogP) is 0.250. The summed E-state index contributed by atoms with van der Waals surface area (Å²) in [6, 6.07) is 0. The van der Waals surface area contributed by atoms with Gasteiger partial charge in [-0.1, -0.05) is 13.8 Å². The molecule has 0 N–H and O–H groups in total. The van der Waals surface area contributed by atoms with E-state index >= 15 is 0 Å². The van der Waals surface area contributed by atoms with Crippen molar-refractivity contribution in [1.29, 1.82) is 0 Å². The van der Waals surface area contributed by atoms with Crippen molar-refractivity contribution < 1.29 is 0 Å². The van der Waals surface area contributed by atoms with Crippen LogP contribution in [0.4, 0.5) is 0 Å². The molecule has 0 amide bonds. The molecule has 0 aromatic heterocycles. The molecule has 1 heterocycles. The minimum Gasteiger partial charge on any atom is -0.206 e. The van der Waals surface area contributed by atoms with E-state index in [1.54, 1.807) is 0 Å². The average Bonchev–Trinajstić information content (AvgIpc) is 2.22. The largest absolute Gasteiger partial charge is 0.206 e.